The molecule has 0 radical (unpaired) electrons. The van der Waals surface area contributed by atoms with Crippen LogP contribution in [0.5, 0.6) is 5.75 Å². The molecular weight excluding hydrogens is 310 g/mol. The van der Waals surface area contributed by atoms with E-state index in [1.165, 1.54) is 5.56 Å². The van der Waals surface area contributed by atoms with Gasteiger partial charge in [-0.05, 0) is 69.4 Å². The third kappa shape index (κ3) is 5.07. The molecule has 2 rings (SSSR count). The molecule has 25 heavy (non-hydrogen) atoms. The molecule has 2 aromatic carbocycles. The maximum Gasteiger partial charge on any atom is 0.118 e. The highest BCUT2D eigenvalue weighted by atomic mass is 16.3. The smallest absolute Gasteiger partial charge is 0.118 e. The zero-order chi connectivity index (χ0) is 18.4. The van der Waals surface area contributed by atoms with Gasteiger partial charge in [0.1, 0.15) is 5.75 Å². The van der Waals surface area contributed by atoms with Crippen LogP contribution in [0.3, 0.4) is 0 Å². The van der Waals surface area contributed by atoms with Crippen molar-refractivity contribution in [2.75, 3.05) is 0 Å². The summed E-state index contributed by atoms with van der Waals surface area (Å²) in [7, 11) is 0. The van der Waals surface area contributed by atoms with Crippen LogP contribution in [0, 0.1) is 0 Å². The van der Waals surface area contributed by atoms with Crippen molar-refractivity contribution in [3.05, 3.63) is 65.2 Å². The highest BCUT2D eigenvalue weighted by molar-refractivity contribution is 5.36. The molecule has 0 saturated heterocycles. The summed E-state index contributed by atoms with van der Waals surface area (Å²) >= 11 is 0. The number of rotatable bonds is 8. The Balaban J connectivity index is 2.28. The van der Waals surface area contributed by atoms with Crippen molar-refractivity contribution < 1.29 is 10.2 Å². The molecule has 0 aliphatic rings. The van der Waals surface area contributed by atoms with Crippen LogP contribution in [0.15, 0.2) is 48.5 Å². The van der Waals surface area contributed by atoms with Gasteiger partial charge in [0.05, 0.1) is 6.61 Å². The number of aliphatic hydroxyl groups is 1. The van der Waals surface area contributed by atoms with Crippen molar-refractivity contribution in [2.45, 2.75) is 65.3 Å². The van der Waals surface area contributed by atoms with E-state index in [4.69, 9.17) is 0 Å². The normalized spacial score (nSPS) is 13.0. The van der Waals surface area contributed by atoms with Crippen molar-refractivity contribution in [3.8, 4) is 5.75 Å². The number of benzene rings is 2. The Bertz CT molecular complexity index is 644. The van der Waals surface area contributed by atoms with Gasteiger partial charge < -0.3 is 10.2 Å². The third-order valence-electron chi connectivity index (χ3n) is 4.75. The minimum atomic E-state index is -0.000489. The van der Waals surface area contributed by atoms with Crippen molar-refractivity contribution in [2.24, 2.45) is 0 Å². The van der Waals surface area contributed by atoms with Gasteiger partial charge in [0.25, 0.3) is 0 Å². The van der Waals surface area contributed by atoms with E-state index in [1.807, 2.05) is 12.1 Å². The van der Waals surface area contributed by atoms with Gasteiger partial charge in [-0.15, -0.1) is 0 Å². The highest BCUT2D eigenvalue weighted by Crippen LogP contribution is 2.31. The van der Waals surface area contributed by atoms with Gasteiger partial charge in [-0.1, -0.05) is 36.4 Å². The molecule has 0 aliphatic carbocycles. The Morgan fingerprint density at radius 2 is 1.56 bits per heavy atom. The Morgan fingerprint density at radius 3 is 2.12 bits per heavy atom. The molecule has 3 heteroatoms. The molecule has 0 spiro atoms. The second-order valence-corrected chi connectivity index (χ2v) is 7.22. The largest absolute Gasteiger partial charge is 0.508 e. The van der Waals surface area contributed by atoms with Gasteiger partial charge in [-0.3, -0.25) is 4.90 Å². The van der Waals surface area contributed by atoms with Crippen molar-refractivity contribution >= 4 is 0 Å². The molecule has 0 aromatic heterocycles. The first kappa shape index (κ1) is 19.5. The minimum Gasteiger partial charge on any atom is -0.508 e. The maximum absolute atomic E-state index is 10.2. The second-order valence-electron chi connectivity index (χ2n) is 7.22. The van der Waals surface area contributed by atoms with Gasteiger partial charge in [0.15, 0.2) is 0 Å². The number of hydrogen-bond donors (Lipinski definition) is 2. The Morgan fingerprint density at radius 1 is 0.920 bits per heavy atom. The number of aromatic hydroxyl groups is 1. The standard InChI is InChI=1S/C22H31NO2/c1-16(2)23(17(3)4)21(19-8-6-5-7-9-19)12-11-20-14-18(15-24)10-13-22(20)25/h5-10,13-14,16-17,21,24-25H,11-12,15H2,1-4H3. The van der Waals surface area contributed by atoms with E-state index in [9.17, 15) is 10.2 Å². The fourth-order valence-corrected chi connectivity index (χ4v) is 3.71. The second kappa shape index (κ2) is 9.02. The summed E-state index contributed by atoms with van der Waals surface area (Å²) in [5.74, 6) is 0.310. The lowest BCUT2D eigenvalue weighted by Gasteiger charge is -2.38. The third-order valence-corrected chi connectivity index (χ3v) is 4.75. The van der Waals surface area contributed by atoms with Gasteiger partial charge in [-0.2, -0.15) is 0 Å². The van der Waals surface area contributed by atoms with E-state index in [-0.39, 0.29) is 6.61 Å². The number of aliphatic hydroxyl groups excluding tert-OH is 1. The van der Waals surface area contributed by atoms with Crippen LogP contribution in [0.4, 0.5) is 0 Å². The minimum absolute atomic E-state index is 0.000489. The van der Waals surface area contributed by atoms with Crippen molar-refractivity contribution in [3.63, 3.8) is 0 Å². The number of nitrogens with zero attached hydrogens (tertiary/aromatic N) is 1. The first-order valence-corrected chi connectivity index (χ1v) is 9.18. The van der Waals surface area contributed by atoms with E-state index < -0.39 is 0 Å². The van der Waals surface area contributed by atoms with Crippen molar-refractivity contribution in [1.82, 2.24) is 4.90 Å². The summed E-state index contributed by atoms with van der Waals surface area (Å²) < 4.78 is 0. The molecular formula is C22H31NO2. The molecule has 0 bridgehead atoms. The summed E-state index contributed by atoms with van der Waals surface area (Å²) in [6.07, 6.45) is 1.69. The summed E-state index contributed by atoms with van der Waals surface area (Å²) in [6.45, 7) is 8.94. The van der Waals surface area contributed by atoms with Gasteiger partial charge in [0.2, 0.25) is 0 Å². The molecule has 136 valence electrons. The molecule has 0 heterocycles. The van der Waals surface area contributed by atoms with Crippen LogP contribution in [-0.2, 0) is 13.0 Å². The monoisotopic (exact) mass is 341 g/mol. The summed E-state index contributed by atoms with van der Waals surface area (Å²) in [6, 6.07) is 17.1. The van der Waals surface area contributed by atoms with Crippen LogP contribution in [0.1, 0.15) is 56.8 Å². The predicted octanol–water partition coefficient (Wildman–Crippen LogP) is 4.68. The van der Waals surface area contributed by atoms with Crippen LogP contribution < -0.4 is 0 Å². The topological polar surface area (TPSA) is 43.7 Å². The number of aryl methyl sites for hydroxylation is 1. The van der Waals surface area contributed by atoms with Crippen LogP contribution >= 0.6 is 0 Å². The molecule has 2 N–H and O–H groups in total. The van der Waals surface area contributed by atoms with Crippen molar-refractivity contribution in [1.29, 1.82) is 0 Å². The number of phenolic OH excluding ortho intramolecular Hbond substituents is 1. The molecule has 1 unspecified atom stereocenters. The zero-order valence-corrected chi connectivity index (χ0v) is 15.8. The molecule has 0 aliphatic heterocycles. The fraction of sp³-hybridized carbons (Fsp3) is 0.455. The first-order valence-electron chi connectivity index (χ1n) is 9.18. The summed E-state index contributed by atoms with van der Waals surface area (Å²) in [5, 5.41) is 19.5. The molecule has 0 amide bonds. The SMILES string of the molecule is CC(C)N(C(C)C)C(CCc1cc(CO)ccc1O)c1ccccc1. The predicted molar refractivity (Wildman–Crippen MR) is 104 cm³/mol. The van der Waals surface area contributed by atoms with E-state index in [0.29, 0.717) is 23.9 Å². The highest BCUT2D eigenvalue weighted by Gasteiger charge is 2.25. The first-order chi connectivity index (χ1) is 11.9. The quantitative estimate of drug-likeness (QED) is 0.733. The van der Waals surface area contributed by atoms with E-state index in [2.05, 4.69) is 56.9 Å². The fourth-order valence-electron chi connectivity index (χ4n) is 3.71. The van der Waals surface area contributed by atoms with Crippen LogP contribution in [-0.4, -0.2) is 27.2 Å². The average Bonchev–Trinajstić information content (AvgIpc) is 2.59. The van der Waals surface area contributed by atoms with Crippen LogP contribution in [0.2, 0.25) is 0 Å². The molecule has 3 nitrogen and oxygen atoms in total. The van der Waals surface area contributed by atoms with Gasteiger partial charge in [0, 0.05) is 18.1 Å². The number of phenols is 1. The Hall–Kier alpha value is -1.84. The Kier molecular flexibility index (Phi) is 7.03. The lowest BCUT2D eigenvalue weighted by Crippen LogP contribution is -2.40. The van der Waals surface area contributed by atoms with E-state index in [0.717, 1.165) is 24.0 Å². The Labute approximate surface area is 151 Å². The lowest BCUT2D eigenvalue weighted by atomic mass is 9.94. The van der Waals surface area contributed by atoms with E-state index >= 15 is 0 Å². The van der Waals surface area contributed by atoms with Gasteiger partial charge >= 0.3 is 0 Å². The summed E-state index contributed by atoms with van der Waals surface area (Å²) in [5.41, 5.74) is 3.05. The summed E-state index contributed by atoms with van der Waals surface area (Å²) in [4.78, 5) is 2.53. The molecule has 1 atom stereocenters. The average molecular weight is 341 g/mol. The zero-order valence-electron chi connectivity index (χ0n) is 15.8. The molecule has 2 aromatic rings. The molecule has 0 saturated carbocycles. The van der Waals surface area contributed by atoms with E-state index in [1.54, 1.807) is 12.1 Å². The lowest BCUT2D eigenvalue weighted by molar-refractivity contribution is 0.106. The van der Waals surface area contributed by atoms with Crippen LogP contribution in [0.25, 0.3) is 0 Å². The molecule has 0 fully saturated rings. The number of hydrogen-bond acceptors (Lipinski definition) is 3. The van der Waals surface area contributed by atoms with Gasteiger partial charge in [-0.25, -0.2) is 0 Å². The maximum atomic E-state index is 10.2.